The lowest BCUT2D eigenvalue weighted by molar-refractivity contribution is 0.0935. The number of aliphatic hydroxyl groups is 1. The minimum atomic E-state index is -0.874. The van der Waals surface area contributed by atoms with Gasteiger partial charge in [0.05, 0.1) is 6.54 Å². The summed E-state index contributed by atoms with van der Waals surface area (Å²) in [6, 6.07) is 7.60. The second kappa shape index (κ2) is 8.56. The van der Waals surface area contributed by atoms with E-state index in [1.54, 1.807) is 11.6 Å². The fraction of sp³-hybridized carbons (Fsp3) is 0.476. The molecule has 166 valence electrons. The molecular formula is C21H28N6O4. The number of aryl methyl sites for hydroxylation is 2. The van der Waals surface area contributed by atoms with Crippen molar-refractivity contribution < 1.29 is 9.84 Å². The molecule has 10 heteroatoms. The van der Waals surface area contributed by atoms with Crippen LogP contribution in [-0.4, -0.2) is 75.0 Å². The van der Waals surface area contributed by atoms with E-state index in [0.717, 1.165) is 31.7 Å². The molecular weight excluding hydrogens is 400 g/mol. The molecule has 0 aliphatic carbocycles. The summed E-state index contributed by atoms with van der Waals surface area (Å²) in [4.78, 5) is 36.0. The first kappa shape index (κ1) is 21.1. The molecule has 0 spiro atoms. The average molecular weight is 428 g/mol. The summed E-state index contributed by atoms with van der Waals surface area (Å²) in [5, 5.41) is 10.7. The topological polar surface area (TPSA) is 109 Å². The first-order valence-electron chi connectivity index (χ1n) is 10.3. The van der Waals surface area contributed by atoms with Gasteiger partial charge in [-0.05, 0) is 31.7 Å². The highest BCUT2D eigenvalue weighted by molar-refractivity contribution is 5.74. The second-order valence-corrected chi connectivity index (χ2v) is 8.08. The Labute approximate surface area is 179 Å². The van der Waals surface area contributed by atoms with Crippen LogP contribution < -0.4 is 20.9 Å². The largest absolute Gasteiger partial charge is 0.491 e. The zero-order chi connectivity index (χ0) is 22.1. The summed E-state index contributed by atoms with van der Waals surface area (Å²) < 4.78 is 8.76. The summed E-state index contributed by atoms with van der Waals surface area (Å²) in [6.45, 7) is 5.35. The molecule has 3 heterocycles. The minimum absolute atomic E-state index is 0.0645. The number of likely N-dealkylation sites (N-methyl/N-ethyl adjacent to an activating group) is 1. The van der Waals surface area contributed by atoms with Crippen LogP contribution in [0.2, 0.25) is 0 Å². The highest BCUT2D eigenvalue weighted by Crippen LogP contribution is 2.21. The van der Waals surface area contributed by atoms with Crippen LogP contribution in [0.1, 0.15) is 5.56 Å². The quantitative estimate of drug-likeness (QED) is 0.565. The van der Waals surface area contributed by atoms with Gasteiger partial charge in [-0.3, -0.25) is 14.3 Å². The Morgan fingerprint density at radius 1 is 1.19 bits per heavy atom. The molecule has 1 saturated heterocycles. The zero-order valence-electron chi connectivity index (χ0n) is 18.0. The van der Waals surface area contributed by atoms with Crippen molar-refractivity contribution in [2.75, 3.05) is 44.7 Å². The highest BCUT2D eigenvalue weighted by atomic mass is 16.5. The number of rotatable bonds is 6. The van der Waals surface area contributed by atoms with Gasteiger partial charge in [-0.2, -0.15) is 4.98 Å². The molecule has 2 aromatic heterocycles. The number of imidazole rings is 1. The molecule has 10 nitrogen and oxygen atoms in total. The SMILES string of the molecule is Cc1cccc(OC[C@H](O)Cn2c(N3CCN(C)CC3)nc3c2c(=O)[nH]c(=O)n3C)c1. The predicted octanol–water partition coefficient (Wildman–Crippen LogP) is -0.0766. The summed E-state index contributed by atoms with van der Waals surface area (Å²) >= 11 is 0. The highest BCUT2D eigenvalue weighted by Gasteiger charge is 2.25. The van der Waals surface area contributed by atoms with Gasteiger partial charge in [-0.15, -0.1) is 0 Å². The Balaban J connectivity index is 1.65. The molecule has 1 aromatic carbocycles. The molecule has 4 rings (SSSR count). The van der Waals surface area contributed by atoms with E-state index in [0.29, 0.717) is 17.3 Å². The molecule has 1 fully saturated rings. The van der Waals surface area contributed by atoms with E-state index < -0.39 is 17.4 Å². The second-order valence-electron chi connectivity index (χ2n) is 8.08. The molecule has 1 atom stereocenters. The Morgan fingerprint density at radius 3 is 2.65 bits per heavy atom. The van der Waals surface area contributed by atoms with E-state index in [9.17, 15) is 14.7 Å². The first-order valence-corrected chi connectivity index (χ1v) is 10.3. The van der Waals surface area contributed by atoms with Gasteiger partial charge < -0.3 is 24.2 Å². The van der Waals surface area contributed by atoms with Gasteiger partial charge in [0.1, 0.15) is 18.5 Å². The van der Waals surface area contributed by atoms with Gasteiger partial charge in [0.2, 0.25) is 5.95 Å². The van der Waals surface area contributed by atoms with Crippen molar-refractivity contribution >= 4 is 17.1 Å². The van der Waals surface area contributed by atoms with E-state index in [4.69, 9.17) is 4.74 Å². The monoisotopic (exact) mass is 428 g/mol. The van der Waals surface area contributed by atoms with Gasteiger partial charge in [0.15, 0.2) is 11.2 Å². The molecule has 1 aliphatic heterocycles. The normalized spacial score (nSPS) is 16.1. The Morgan fingerprint density at radius 2 is 1.94 bits per heavy atom. The number of fused-ring (bicyclic) bond motifs is 1. The summed E-state index contributed by atoms with van der Waals surface area (Å²) in [5.41, 5.74) is 0.602. The fourth-order valence-electron chi connectivity index (χ4n) is 3.80. The number of hydrogen-bond donors (Lipinski definition) is 2. The summed E-state index contributed by atoms with van der Waals surface area (Å²) in [5.74, 6) is 1.25. The lowest BCUT2D eigenvalue weighted by atomic mass is 10.2. The molecule has 1 aliphatic rings. The van der Waals surface area contributed by atoms with Gasteiger partial charge in [-0.1, -0.05) is 12.1 Å². The van der Waals surface area contributed by atoms with Crippen LogP contribution in [0, 0.1) is 6.92 Å². The average Bonchev–Trinajstić information content (AvgIpc) is 3.11. The number of ether oxygens (including phenoxy) is 1. The van der Waals surface area contributed by atoms with Crippen molar-refractivity contribution in [1.29, 1.82) is 0 Å². The minimum Gasteiger partial charge on any atom is -0.491 e. The summed E-state index contributed by atoms with van der Waals surface area (Å²) in [7, 11) is 3.63. The molecule has 0 unspecified atom stereocenters. The van der Waals surface area contributed by atoms with Crippen LogP contribution in [0.3, 0.4) is 0 Å². The van der Waals surface area contributed by atoms with Crippen LogP contribution in [0.5, 0.6) is 5.75 Å². The van der Waals surface area contributed by atoms with Gasteiger partial charge >= 0.3 is 5.69 Å². The summed E-state index contributed by atoms with van der Waals surface area (Å²) in [6.07, 6.45) is -0.874. The molecule has 0 radical (unpaired) electrons. The predicted molar refractivity (Wildman–Crippen MR) is 118 cm³/mol. The molecule has 31 heavy (non-hydrogen) atoms. The van der Waals surface area contributed by atoms with Crippen molar-refractivity contribution in [2.45, 2.75) is 19.6 Å². The van der Waals surface area contributed by atoms with Gasteiger partial charge in [0, 0.05) is 33.2 Å². The van der Waals surface area contributed by atoms with E-state index in [1.807, 2.05) is 31.2 Å². The van der Waals surface area contributed by atoms with Crippen LogP contribution in [0.25, 0.3) is 11.2 Å². The molecule has 3 aromatic rings. The standard InChI is InChI=1S/C21H28N6O4/c1-14-5-4-6-16(11-14)31-13-15(28)12-27-17-18(25(3)21(30)23-19(17)29)22-20(27)26-9-7-24(2)8-10-26/h4-6,11,15,28H,7-10,12-13H2,1-3H3,(H,23,29,30)/t15-/m1/s1. The van der Waals surface area contributed by atoms with Crippen molar-refractivity contribution in [1.82, 2.24) is 24.0 Å². The lowest BCUT2D eigenvalue weighted by Crippen LogP contribution is -2.45. The Hall–Kier alpha value is -3.11. The third-order valence-electron chi connectivity index (χ3n) is 5.60. The number of H-pyrrole nitrogens is 1. The third-order valence-corrected chi connectivity index (χ3v) is 5.60. The molecule has 2 N–H and O–H groups in total. The first-order chi connectivity index (χ1) is 14.8. The zero-order valence-corrected chi connectivity index (χ0v) is 18.0. The lowest BCUT2D eigenvalue weighted by Gasteiger charge is -2.33. The maximum Gasteiger partial charge on any atom is 0.329 e. The van der Waals surface area contributed by atoms with Crippen LogP contribution in [0.4, 0.5) is 5.95 Å². The smallest absolute Gasteiger partial charge is 0.329 e. The Kier molecular flexibility index (Phi) is 5.84. The van der Waals surface area contributed by atoms with Crippen LogP contribution in [-0.2, 0) is 13.6 Å². The number of aromatic nitrogens is 4. The van der Waals surface area contributed by atoms with E-state index in [2.05, 4.69) is 26.8 Å². The van der Waals surface area contributed by atoms with E-state index in [-0.39, 0.29) is 18.7 Å². The number of benzene rings is 1. The van der Waals surface area contributed by atoms with Crippen molar-refractivity contribution in [3.8, 4) is 5.75 Å². The number of nitrogens with zero attached hydrogens (tertiary/aromatic N) is 5. The van der Waals surface area contributed by atoms with Crippen molar-refractivity contribution in [3.63, 3.8) is 0 Å². The fourth-order valence-corrected chi connectivity index (χ4v) is 3.80. The van der Waals surface area contributed by atoms with E-state index in [1.165, 1.54) is 4.57 Å². The number of aromatic amines is 1. The van der Waals surface area contributed by atoms with Crippen molar-refractivity contribution in [3.05, 3.63) is 50.7 Å². The van der Waals surface area contributed by atoms with Crippen LogP contribution in [0.15, 0.2) is 33.9 Å². The number of piperazine rings is 1. The van der Waals surface area contributed by atoms with Gasteiger partial charge in [-0.25, -0.2) is 4.79 Å². The van der Waals surface area contributed by atoms with E-state index >= 15 is 0 Å². The van der Waals surface area contributed by atoms with Crippen molar-refractivity contribution in [2.24, 2.45) is 7.05 Å². The maximum absolute atomic E-state index is 12.6. The van der Waals surface area contributed by atoms with Crippen LogP contribution >= 0.6 is 0 Å². The third kappa shape index (κ3) is 4.35. The number of nitrogens with one attached hydrogen (secondary N) is 1. The molecule has 0 saturated carbocycles. The van der Waals surface area contributed by atoms with Gasteiger partial charge in [0.25, 0.3) is 5.56 Å². The molecule has 0 bridgehead atoms. The Bertz CT molecular complexity index is 1190. The number of hydrogen-bond acceptors (Lipinski definition) is 7. The molecule has 0 amide bonds. The maximum atomic E-state index is 12.6. The number of aliphatic hydroxyl groups excluding tert-OH is 1. The number of anilines is 1.